The van der Waals surface area contributed by atoms with Gasteiger partial charge < -0.3 is 10.6 Å². The Morgan fingerprint density at radius 2 is 1.76 bits per heavy atom. The van der Waals surface area contributed by atoms with E-state index in [1.54, 1.807) is 36.4 Å². The van der Waals surface area contributed by atoms with Crippen molar-refractivity contribution in [3.63, 3.8) is 0 Å². The van der Waals surface area contributed by atoms with Crippen LogP contribution in [0.4, 0.5) is 10.1 Å². The van der Waals surface area contributed by atoms with Crippen LogP contribution in [0.5, 0.6) is 0 Å². The van der Waals surface area contributed by atoms with Gasteiger partial charge in [0, 0.05) is 11.4 Å². The molecule has 3 rings (SSSR count). The Balaban J connectivity index is 1.53. The van der Waals surface area contributed by atoms with Gasteiger partial charge in [-0.3, -0.25) is 9.59 Å². The van der Waals surface area contributed by atoms with Crippen LogP contribution in [-0.4, -0.2) is 37.3 Å². The molecule has 0 saturated carbocycles. The highest BCUT2D eigenvalue weighted by atomic mass is 32.2. The highest BCUT2D eigenvalue weighted by Gasteiger charge is 2.32. The van der Waals surface area contributed by atoms with Gasteiger partial charge in [-0.25, -0.2) is 17.9 Å². The zero-order chi connectivity index (χ0) is 21.0. The van der Waals surface area contributed by atoms with Crippen LogP contribution >= 0.6 is 11.8 Å². The summed E-state index contributed by atoms with van der Waals surface area (Å²) in [4.78, 5) is 24.8. The van der Waals surface area contributed by atoms with Crippen molar-refractivity contribution in [3.05, 3.63) is 65.5 Å². The third-order valence-corrected chi connectivity index (χ3v) is 6.36. The number of carbonyl (C=O) groups excluding carboxylic acids is 2. The lowest BCUT2D eigenvalue weighted by Gasteiger charge is -2.28. The number of benzene rings is 2. The first-order chi connectivity index (χ1) is 13.7. The molecule has 29 heavy (non-hydrogen) atoms. The van der Waals surface area contributed by atoms with Crippen LogP contribution in [0, 0.1) is 5.82 Å². The second kappa shape index (κ2) is 8.93. The standard InChI is InChI=1S/C19H20FN3O4S2/c20-14-5-1-12(2-6-14)9-17-19(25)23-16(10-28-17)18(24)22-15-7-3-13(4-8-15)11-29(21,26)27/h1-8,16-17H,9-11H2,(H,22,24)(H,23,25)(H2,21,26,27). The number of carbonyl (C=O) groups is 2. The highest BCUT2D eigenvalue weighted by molar-refractivity contribution is 8.00. The molecule has 0 aliphatic carbocycles. The minimum atomic E-state index is -3.62. The number of sulfonamides is 1. The molecule has 2 aromatic rings. The topological polar surface area (TPSA) is 118 Å². The molecule has 0 aromatic heterocycles. The fourth-order valence-electron chi connectivity index (χ4n) is 2.87. The SMILES string of the molecule is NS(=O)(=O)Cc1ccc(NC(=O)C2CSC(Cc3ccc(F)cc3)C(=O)N2)cc1. The molecule has 0 bridgehead atoms. The van der Waals surface area contributed by atoms with E-state index in [0.717, 1.165) is 5.56 Å². The number of halogens is 1. The summed E-state index contributed by atoms with van der Waals surface area (Å²) in [5.74, 6) is -0.803. The van der Waals surface area contributed by atoms with Gasteiger partial charge in [0.2, 0.25) is 21.8 Å². The van der Waals surface area contributed by atoms with Gasteiger partial charge in [0.25, 0.3) is 0 Å². The zero-order valence-corrected chi connectivity index (χ0v) is 16.9. The largest absolute Gasteiger partial charge is 0.343 e. The van der Waals surface area contributed by atoms with Gasteiger partial charge in [0.15, 0.2) is 0 Å². The van der Waals surface area contributed by atoms with E-state index in [-0.39, 0.29) is 28.6 Å². The van der Waals surface area contributed by atoms with Crippen LogP contribution in [0.15, 0.2) is 48.5 Å². The summed E-state index contributed by atoms with van der Waals surface area (Å²) in [5.41, 5.74) is 1.85. The fourth-order valence-corrected chi connectivity index (χ4v) is 4.71. The first-order valence-electron chi connectivity index (χ1n) is 8.76. The zero-order valence-electron chi connectivity index (χ0n) is 15.3. The normalized spacial score (nSPS) is 19.4. The Morgan fingerprint density at radius 1 is 1.14 bits per heavy atom. The van der Waals surface area contributed by atoms with Crippen molar-refractivity contribution in [2.45, 2.75) is 23.5 Å². The smallest absolute Gasteiger partial charge is 0.247 e. The van der Waals surface area contributed by atoms with E-state index < -0.39 is 16.1 Å². The van der Waals surface area contributed by atoms with Crippen LogP contribution in [0.1, 0.15) is 11.1 Å². The summed E-state index contributed by atoms with van der Waals surface area (Å²) >= 11 is 1.38. The Labute approximate surface area is 172 Å². The molecule has 1 heterocycles. The number of nitrogens with one attached hydrogen (secondary N) is 2. The molecule has 7 nitrogen and oxygen atoms in total. The number of hydrogen-bond donors (Lipinski definition) is 3. The number of rotatable bonds is 6. The Bertz CT molecular complexity index is 995. The molecule has 0 spiro atoms. The van der Waals surface area contributed by atoms with E-state index >= 15 is 0 Å². The maximum atomic E-state index is 13.0. The van der Waals surface area contributed by atoms with Crippen molar-refractivity contribution in [2.75, 3.05) is 11.1 Å². The van der Waals surface area contributed by atoms with Crippen LogP contribution in [-0.2, 0) is 31.8 Å². The van der Waals surface area contributed by atoms with Gasteiger partial charge in [-0.1, -0.05) is 24.3 Å². The summed E-state index contributed by atoms with van der Waals surface area (Å²) < 4.78 is 35.2. The summed E-state index contributed by atoms with van der Waals surface area (Å²) in [6.45, 7) is 0. The first-order valence-corrected chi connectivity index (χ1v) is 11.5. The molecule has 1 saturated heterocycles. The molecule has 0 radical (unpaired) electrons. The first kappa shape index (κ1) is 21.3. The van der Waals surface area contributed by atoms with Crippen molar-refractivity contribution in [1.29, 1.82) is 0 Å². The number of anilines is 1. The van der Waals surface area contributed by atoms with Gasteiger partial charge >= 0.3 is 0 Å². The van der Waals surface area contributed by atoms with E-state index in [9.17, 15) is 22.4 Å². The predicted molar refractivity (Wildman–Crippen MR) is 110 cm³/mol. The van der Waals surface area contributed by atoms with E-state index in [0.29, 0.717) is 23.4 Å². The fraction of sp³-hybridized carbons (Fsp3) is 0.263. The second-order valence-electron chi connectivity index (χ2n) is 6.71. The minimum absolute atomic E-state index is 0.241. The van der Waals surface area contributed by atoms with Crippen LogP contribution in [0.2, 0.25) is 0 Å². The van der Waals surface area contributed by atoms with Crippen molar-refractivity contribution in [3.8, 4) is 0 Å². The minimum Gasteiger partial charge on any atom is -0.343 e. The molecule has 1 aliphatic rings. The lowest BCUT2D eigenvalue weighted by Crippen LogP contribution is -2.52. The Hall–Kier alpha value is -2.43. The van der Waals surface area contributed by atoms with Crippen molar-refractivity contribution in [1.82, 2.24) is 5.32 Å². The summed E-state index contributed by atoms with van der Waals surface area (Å²) in [7, 11) is -3.62. The number of primary sulfonamides is 1. The van der Waals surface area contributed by atoms with Crippen LogP contribution in [0.25, 0.3) is 0 Å². The van der Waals surface area contributed by atoms with Gasteiger partial charge in [0.1, 0.15) is 11.9 Å². The summed E-state index contributed by atoms with van der Waals surface area (Å²) in [5, 5.41) is 10.1. The molecule has 1 aliphatic heterocycles. The van der Waals surface area contributed by atoms with Crippen molar-refractivity contribution in [2.24, 2.45) is 5.14 Å². The third-order valence-electron chi connectivity index (χ3n) is 4.31. The Kier molecular flexibility index (Phi) is 6.56. The maximum Gasteiger partial charge on any atom is 0.247 e. The molecule has 10 heteroatoms. The quantitative estimate of drug-likeness (QED) is 0.631. The van der Waals surface area contributed by atoms with E-state index in [4.69, 9.17) is 5.14 Å². The van der Waals surface area contributed by atoms with Crippen molar-refractivity contribution < 1.29 is 22.4 Å². The van der Waals surface area contributed by atoms with E-state index in [2.05, 4.69) is 10.6 Å². The van der Waals surface area contributed by atoms with Gasteiger partial charge in [-0.05, 0) is 41.8 Å². The number of nitrogens with two attached hydrogens (primary N) is 1. The lowest BCUT2D eigenvalue weighted by molar-refractivity contribution is -0.126. The second-order valence-corrected chi connectivity index (χ2v) is 9.56. The number of hydrogen-bond acceptors (Lipinski definition) is 5. The molecular weight excluding hydrogens is 417 g/mol. The average Bonchev–Trinajstić information content (AvgIpc) is 2.65. The third kappa shape index (κ3) is 6.28. The van der Waals surface area contributed by atoms with Crippen molar-refractivity contribution >= 4 is 39.3 Å². The van der Waals surface area contributed by atoms with Gasteiger partial charge in [-0.15, -0.1) is 11.8 Å². The molecule has 1 fully saturated rings. The van der Waals surface area contributed by atoms with Crippen LogP contribution < -0.4 is 15.8 Å². The monoisotopic (exact) mass is 437 g/mol. The van der Waals surface area contributed by atoms with E-state index in [1.807, 2.05) is 0 Å². The molecule has 2 unspecified atom stereocenters. The molecule has 2 atom stereocenters. The summed E-state index contributed by atoms with van der Waals surface area (Å²) in [6, 6.07) is 11.6. The molecule has 2 aromatic carbocycles. The molecule has 154 valence electrons. The lowest BCUT2D eigenvalue weighted by atomic mass is 10.1. The average molecular weight is 438 g/mol. The Morgan fingerprint density at radius 3 is 2.34 bits per heavy atom. The summed E-state index contributed by atoms with van der Waals surface area (Å²) in [6.07, 6.45) is 0.455. The highest BCUT2D eigenvalue weighted by Crippen LogP contribution is 2.23. The predicted octanol–water partition coefficient (Wildman–Crippen LogP) is 1.40. The van der Waals surface area contributed by atoms with E-state index in [1.165, 1.54) is 23.9 Å². The maximum absolute atomic E-state index is 13.0. The molecule has 4 N–H and O–H groups in total. The number of amides is 2. The molecule has 2 amide bonds. The molecular formula is C19H20FN3O4S2. The number of thioether (sulfide) groups is 1. The van der Waals surface area contributed by atoms with Crippen LogP contribution in [0.3, 0.4) is 0 Å². The van der Waals surface area contributed by atoms with Gasteiger partial charge in [-0.2, -0.15) is 0 Å². The van der Waals surface area contributed by atoms with Gasteiger partial charge in [0.05, 0.1) is 11.0 Å².